The standard InChI is InChI=1S/C14H15N/c1-11-7-9-13(10-8-11)14(15)12-5-3-2-4-6-12/h2-7,9-11,15H,8H2,1H3. The lowest BCUT2D eigenvalue weighted by molar-refractivity contribution is 0.734. The minimum Gasteiger partial charge on any atom is -0.300 e. The maximum atomic E-state index is 8.07. The molecule has 1 nitrogen and oxygen atoms in total. The average Bonchev–Trinajstić information content (AvgIpc) is 2.30. The van der Waals surface area contributed by atoms with Crippen molar-refractivity contribution in [2.45, 2.75) is 13.3 Å². The summed E-state index contributed by atoms with van der Waals surface area (Å²) >= 11 is 0. The highest BCUT2D eigenvalue weighted by Crippen LogP contribution is 2.18. The zero-order valence-corrected chi connectivity index (χ0v) is 8.90. The Labute approximate surface area is 90.7 Å². The molecule has 1 heteroatoms. The molecule has 1 N–H and O–H groups in total. The third-order valence-corrected chi connectivity index (χ3v) is 2.67. The van der Waals surface area contributed by atoms with E-state index in [-0.39, 0.29) is 0 Å². The van der Waals surface area contributed by atoms with Crippen LogP contribution in [-0.2, 0) is 0 Å². The van der Waals surface area contributed by atoms with Gasteiger partial charge in [0.15, 0.2) is 0 Å². The molecule has 0 saturated carbocycles. The molecule has 1 unspecified atom stereocenters. The molecule has 0 aliphatic heterocycles. The molecule has 0 spiro atoms. The van der Waals surface area contributed by atoms with E-state index in [4.69, 9.17) is 5.41 Å². The highest BCUT2D eigenvalue weighted by atomic mass is 14.4. The van der Waals surface area contributed by atoms with E-state index >= 15 is 0 Å². The van der Waals surface area contributed by atoms with Crippen LogP contribution >= 0.6 is 0 Å². The van der Waals surface area contributed by atoms with E-state index in [0.717, 1.165) is 17.6 Å². The molecule has 15 heavy (non-hydrogen) atoms. The summed E-state index contributed by atoms with van der Waals surface area (Å²) in [5.41, 5.74) is 2.65. The second kappa shape index (κ2) is 4.26. The summed E-state index contributed by atoms with van der Waals surface area (Å²) in [5.74, 6) is 0.609. The number of rotatable bonds is 2. The van der Waals surface area contributed by atoms with E-state index in [9.17, 15) is 0 Å². The van der Waals surface area contributed by atoms with Crippen LogP contribution in [0, 0.1) is 11.3 Å². The SMILES string of the molecule is CC1C=CC(C(=N)c2ccccc2)=CC1. The lowest BCUT2D eigenvalue weighted by Crippen LogP contribution is -2.05. The van der Waals surface area contributed by atoms with Crippen molar-refractivity contribution in [2.75, 3.05) is 0 Å². The molecule has 1 aliphatic rings. The van der Waals surface area contributed by atoms with Crippen LogP contribution in [0.1, 0.15) is 18.9 Å². The predicted molar refractivity (Wildman–Crippen MR) is 64.3 cm³/mol. The maximum Gasteiger partial charge on any atom is 0.0681 e. The zero-order chi connectivity index (χ0) is 10.7. The van der Waals surface area contributed by atoms with Crippen molar-refractivity contribution >= 4 is 5.71 Å². The Kier molecular flexibility index (Phi) is 2.82. The molecule has 1 atom stereocenters. The highest BCUT2D eigenvalue weighted by Gasteiger charge is 2.09. The highest BCUT2D eigenvalue weighted by molar-refractivity contribution is 6.12. The molecule has 2 rings (SSSR count). The van der Waals surface area contributed by atoms with Crippen LogP contribution in [0.2, 0.25) is 0 Å². The minimum absolute atomic E-state index is 0.609. The van der Waals surface area contributed by atoms with Gasteiger partial charge >= 0.3 is 0 Å². The molecule has 1 aliphatic carbocycles. The van der Waals surface area contributed by atoms with Gasteiger partial charge in [0.05, 0.1) is 5.71 Å². The molecular formula is C14H15N. The van der Waals surface area contributed by atoms with Crippen molar-refractivity contribution < 1.29 is 0 Å². The molecular weight excluding hydrogens is 182 g/mol. The fourth-order valence-corrected chi connectivity index (χ4v) is 1.68. The van der Waals surface area contributed by atoms with Crippen LogP contribution in [0.3, 0.4) is 0 Å². The Morgan fingerprint density at radius 1 is 1.27 bits per heavy atom. The van der Waals surface area contributed by atoms with Gasteiger partial charge in [-0.05, 0) is 23.5 Å². The molecule has 0 aromatic heterocycles. The summed E-state index contributed by atoms with van der Waals surface area (Å²) in [4.78, 5) is 0. The number of nitrogens with one attached hydrogen (secondary N) is 1. The van der Waals surface area contributed by atoms with Crippen LogP contribution in [0.15, 0.2) is 54.1 Å². The summed E-state index contributed by atoms with van der Waals surface area (Å²) in [6.07, 6.45) is 7.43. The second-order valence-electron chi connectivity index (χ2n) is 3.97. The fourth-order valence-electron chi connectivity index (χ4n) is 1.68. The number of allylic oxidation sites excluding steroid dienone is 4. The van der Waals surface area contributed by atoms with Gasteiger partial charge in [0.25, 0.3) is 0 Å². The van der Waals surface area contributed by atoms with Crippen LogP contribution in [0.25, 0.3) is 0 Å². The van der Waals surface area contributed by atoms with Gasteiger partial charge in [-0.15, -0.1) is 0 Å². The van der Waals surface area contributed by atoms with Gasteiger partial charge in [0.2, 0.25) is 0 Å². The van der Waals surface area contributed by atoms with Crippen molar-refractivity contribution in [3.8, 4) is 0 Å². The first-order valence-electron chi connectivity index (χ1n) is 5.30. The summed E-state index contributed by atoms with van der Waals surface area (Å²) in [5, 5.41) is 8.07. The van der Waals surface area contributed by atoms with Gasteiger partial charge in [-0.1, -0.05) is 55.5 Å². The summed E-state index contributed by atoms with van der Waals surface area (Å²) in [6, 6.07) is 9.88. The Balaban J connectivity index is 2.20. The minimum atomic E-state index is 0.609. The van der Waals surface area contributed by atoms with Crippen molar-refractivity contribution in [3.63, 3.8) is 0 Å². The van der Waals surface area contributed by atoms with Gasteiger partial charge in [-0.3, -0.25) is 5.41 Å². The van der Waals surface area contributed by atoms with Crippen molar-refractivity contribution in [3.05, 3.63) is 59.7 Å². The third kappa shape index (κ3) is 2.24. The molecule has 0 radical (unpaired) electrons. The van der Waals surface area contributed by atoms with Crippen molar-refractivity contribution in [1.82, 2.24) is 0 Å². The Morgan fingerprint density at radius 3 is 2.60 bits per heavy atom. The number of benzene rings is 1. The smallest absolute Gasteiger partial charge is 0.0681 e. The third-order valence-electron chi connectivity index (χ3n) is 2.67. The Bertz CT molecular complexity index is 412. The monoisotopic (exact) mass is 197 g/mol. The van der Waals surface area contributed by atoms with E-state index < -0.39 is 0 Å². The quantitative estimate of drug-likeness (QED) is 0.701. The van der Waals surface area contributed by atoms with Crippen LogP contribution in [0.4, 0.5) is 0 Å². The molecule has 1 aromatic rings. The van der Waals surface area contributed by atoms with E-state index in [1.807, 2.05) is 30.3 Å². The van der Waals surface area contributed by atoms with E-state index in [1.165, 1.54) is 0 Å². The van der Waals surface area contributed by atoms with Crippen LogP contribution in [-0.4, -0.2) is 5.71 Å². The molecule has 1 aromatic carbocycles. The molecule has 0 heterocycles. The lowest BCUT2D eigenvalue weighted by Gasteiger charge is -2.12. The van der Waals surface area contributed by atoms with Gasteiger partial charge in [0, 0.05) is 0 Å². The first-order chi connectivity index (χ1) is 7.27. The predicted octanol–water partition coefficient (Wildman–Crippen LogP) is 3.58. The van der Waals surface area contributed by atoms with Crippen LogP contribution in [0.5, 0.6) is 0 Å². The van der Waals surface area contributed by atoms with Crippen molar-refractivity contribution in [1.29, 1.82) is 5.41 Å². The largest absolute Gasteiger partial charge is 0.300 e. The maximum absolute atomic E-state index is 8.07. The Hall–Kier alpha value is -1.63. The van der Waals surface area contributed by atoms with Gasteiger partial charge in [-0.25, -0.2) is 0 Å². The zero-order valence-electron chi connectivity index (χ0n) is 8.90. The summed E-state index contributed by atoms with van der Waals surface area (Å²) in [7, 11) is 0. The second-order valence-corrected chi connectivity index (χ2v) is 3.97. The lowest BCUT2D eigenvalue weighted by atomic mass is 9.93. The first kappa shape index (κ1) is 9.91. The number of hydrogen-bond acceptors (Lipinski definition) is 1. The molecule has 76 valence electrons. The summed E-state index contributed by atoms with van der Waals surface area (Å²) in [6.45, 7) is 2.19. The molecule has 0 fully saturated rings. The van der Waals surface area contributed by atoms with E-state index in [0.29, 0.717) is 11.6 Å². The van der Waals surface area contributed by atoms with E-state index in [1.54, 1.807) is 0 Å². The number of hydrogen-bond donors (Lipinski definition) is 1. The Morgan fingerprint density at radius 2 is 2.00 bits per heavy atom. The van der Waals surface area contributed by atoms with Crippen molar-refractivity contribution in [2.24, 2.45) is 5.92 Å². The summed E-state index contributed by atoms with van der Waals surface area (Å²) < 4.78 is 0. The van der Waals surface area contributed by atoms with Gasteiger partial charge in [0.1, 0.15) is 0 Å². The van der Waals surface area contributed by atoms with Gasteiger partial charge < -0.3 is 0 Å². The molecule has 0 amide bonds. The normalized spacial score (nSPS) is 19.8. The molecule has 0 bridgehead atoms. The average molecular weight is 197 g/mol. The topological polar surface area (TPSA) is 23.9 Å². The van der Waals surface area contributed by atoms with E-state index in [2.05, 4.69) is 25.2 Å². The van der Waals surface area contributed by atoms with Crippen LogP contribution < -0.4 is 0 Å². The fraction of sp³-hybridized carbons (Fsp3) is 0.214. The molecule has 0 saturated heterocycles. The van der Waals surface area contributed by atoms with Gasteiger partial charge in [-0.2, -0.15) is 0 Å². The first-order valence-corrected chi connectivity index (χ1v) is 5.30.